The molecule has 0 heterocycles. The van der Waals surface area contributed by atoms with Gasteiger partial charge in [-0.15, -0.1) is 0 Å². The lowest BCUT2D eigenvalue weighted by Gasteiger charge is -2.18. The van der Waals surface area contributed by atoms with Gasteiger partial charge in [-0.1, -0.05) is 17.7 Å². The van der Waals surface area contributed by atoms with Crippen LogP contribution in [0.4, 0.5) is 4.39 Å². The lowest BCUT2D eigenvalue weighted by Crippen LogP contribution is -2.31. The van der Waals surface area contributed by atoms with E-state index in [9.17, 15) is 14.0 Å². The van der Waals surface area contributed by atoms with Crippen LogP contribution < -0.4 is 14.8 Å². The van der Waals surface area contributed by atoms with Crippen molar-refractivity contribution in [1.82, 2.24) is 5.32 Å². The molecule has 0 fully saturated rings. The highest BCUT2D eigenvalue weighted by atomic mass is 35.5. The van der Waals surface area contributed by atoms with E-state index in [0.717, 1.165) is 6.07 Å². The number of carbonyl (C=O) groups excluding carboxylic acids is 1. The van der Waals surface area contributed by atoms with Crippen LogP contribution in [0.15, 0.2) is 36.4 Å². The van der Waals surface area contributed by atoms with Crippen LogP contribution in [0.2, 0.25) is 5.02 Å². The Kier molecular flexibility index (Phi) is 7.01. The normalized spacial score (nSPS) is 11.6. The Bertz CT molecular complexity index is 843. The number of aliphatic carboxylic acids is 1. The second-order valence-electron chi connectivity index (χ2n) is 5.75. The van der Waals surface area contributed by atoms with Gasteiger partial charge in [0.05, 0.1) is 38.1 Å². The third kappa shape index (κ3) is 5.59. The van der Waals surface area contributed by atoms with E-state index in [1.54, 1.807) is 18.2 Å². The minimum Gasteiger partial charge on any atom is -0.497 e. The van der Waals surface area contributed by atoms with Gasteiger partial charge in [-0.05, 0) is 35.9 Å². The highest BCUT2D eigenvalue weighted by molar-refractivity contribution is 6.30. The topological polar surface area (TPSA) is 84.9 Å². The van der Waals surface area contributed by atoms with Crippen molar-refractivity contribution >= 4 is 23.5 Å². The fourth-order valence-electron chi connectivity index (χ4n) is 2.59. The van der Waals surface area contributed by atoms with Crippen LogP contribution in [0, 0.1) is 5.82 Å². The smallest absolute Gasteiger partial charge is 0.305 e. The van der Waals surface area contributed by atoms with E-state index in [0.29, 0.717) is 22.6 Å². The van der Waals surface area contributed by atoms with Gasteiger partial charge in [-0.3, -0.25) is 9.59 Å². The van der Waals surface area contributed by atoms with Crippen LogP contribution in [-0.2, 0) is 16.0 Å². The molecule has 2 N–H and O–H groups in total. The van der Waals surface area contributed by atoms with Crippen molar-refractivity contribution in [2.45, 2.75) is 18.9 Å². The fourth-order valence-corrected chi connectivity index (χ4v) is 2.71. The molecule has 2 aromatic carbocycles. The Hall–Kier alpha value is -2.80. The van der Waals surface area contributed by atoms with E-state index in [1.165, 1.54) is 26.4 Å². The molecule has 0 aliphatic heterocycles. The van der Waals surface area contributed by atoms with Gasteiger partial charge in [0.25, 0.3) is 0 Å². The van der Waals surface area contributed by atoms with Crippen LogP contribution >= 0.6 is 11.6 Å². The highest BCUT2D eigenvalue weighted by Crippen LogP contribution is 2.26. The molecule has 1 unspecified atom stereocenters. The molecule has 0 aliphatic carbocycles. The first kappa shape index (κ1) is 20.5. The van der Waals surface area contributed by atoms with Crippen molar-refractivity contribution in [3.8, 4) is 11.5 Å². The summed E-state index contributed by atoms with van der Waals surface area (Å²) in [7, 11) is 2.98. The molecule has 0 spiro atoms. The van der Waals surface area contributed by atoms with Gasteiger partial charge in [0.2, 0.25) is 5.91 Å². The number of carboxylic acids is 1. The first-order valence-corrected chi connectivity index (χ1v) is 8.38. The monoisotopic (exact) mass is 395 g/mol. The van der Waals surface area contributed by atoms with Gasteiger partial charge in [-0.2, -0.15) is 0 Å². The Balaban J connectivity index is 2.21. The zero-order valence-corrected chi connectivity index (χ0v) is 15.5. The van der Waals surface area contributed by atoms with Gasteiger partial charge in [-0.25, -0.2) is 4.39 Å². The quantitative estimate of drug-likeness (QED) is 0.715. The number of nitrogens with one attached hydrogen (secondary N) is 1. The summed E-state index contributed by atoms with van der Waals surface area (Å²) in [6.45, 7) is 0. The molecule has 2 rings (SSSR count). The lowest BCUT2D eigenvalue weighted by atomic mass is 10.0. The molecule has 0 aliphatic rings. The van der Waals surface area contributed by atoms with Gasteiger partial charge in [0.15, 0.2) is 0 Å². The maximum atomic E-state index is 13.7. The van der Waals surface area contributed by atoms with Crippen molar-refractivity contribution in [3.63, 3.8) is 0 Å². The summed E-state index contributed by atoms with van der Waals surface area (Å²) in [5.41, 5.74) is 0.885. The Labute approximate surface area is 160 Å². The molecule has 8 heteroatoms. The van der Waals surface area contributed by atoms with Gasteiger partial charge >= 0.3 is 5.97 Å². The number of methoxy groups -OCH3 is 2. The second kappa shape index (κ2) is 9.23. The maximum absolute atomic E-state index is 13.7. The molecular weight excluding hydrogens is 377 g/mol. The van der Waals surface area contributed by atoms with Crippen LogP contribution in [-0.4, -0.2) is 31.2 Å². The number of ether oxygens (including phenoxy) is 2. The molecule has 0 saturated carbocycles. The maximum Gasteiger partial charge on any atom is 0.305 e. The van der Waals surface area contributed by atoms with Gasteiger partial charge in [0, 0.05) is 5.56 Å². The number of carboxylic acid groups (broad SMARTS) is 1. The molecule has 0 radical (unpaired) electrons. The lowest BCUT2D eigenvalue weighted by molar-refractivity contribution is -0.137. The summed E-state index contributed by atoms with van der Waals surface area (Å²) in [6, 6.07) is 8.03. The van der Waals surface area contributed by atoms with Crippen molar-refractivity contribution < 1.29 is 28.6 Å². The molecular formula is C19H19ClFNO5. The van der Waals surface area contributed by atoms with Crippen LogP contribution in [0.25, 0.3) is 0 Å². The molecule has 27 heavy (non-hydrogen) atoms. The number of rotatable bonds is 8. The summed E-state index contributed by atoms with van der Waals surface area (Å²) in [4.78, 5) is 23.6. The summed E-state index contributed by atoms with van der Waals surface area (Å²) in [5, 5.41) is 11.7. The van der Waals surface area contributed by atoms with Crippen molar-refractivity contribution in [2.24, 2.45) is 0 Å². The molecule has 0 saturated heterocycles. The number of hydrogen-bond donors (Lipinski definition) is 2. The fraction of sp³-hybridized carbons (Fsp3) is 0.263. The van der Waals surface area contributed by atoms with Crippen LogP contribution in [0.3, 0.4) is 0 Å². The van der Waals surface area contributed by atoms with Gasteiger partial charge < -0.3 is 19.9 Å². The van der Waals surface area contributed by atoms with Crippen LogP contribution in [0.5, 0.6) is 11.5 Å². The molecule has 0 bridgehead atoms. The standard InChI is InChI=1S/C19H19ClFNO5/c1-26-13-4-6-17(27-2)12(7-13)9-18(23)22-16(10-19(24)25)11-3-5-14(20)15(21)8-11/h3-8,16H,9-10H2,1-2H3,(H,22,23)(H,24,25). The third-order valence-corrected chi connectivity index (χ3v) is 4.21. The first-order valence-electron chi connectivity index (χ1n) is 8.01. The number of carbonyl (C=O) groups is 2. The largest absolute Gasteiger partial charge is 0.497 e. The minimum atomic E-state index is -1.13. The van der Waals surface area contributed by atoms with E-state index in [-0.39, 0.29) is 11.4 Å². The van der Waals surface area contributed by atoms with E-state index in [4.69, 9.17) is 26.2 Å². The number of hydrogen-bond acceptors (Lipinski definition) is 4. The van der Waals surface area contributed by atoms with E-state index in [2.05, 4.69) is 5.32 Å². The molecule has 1 atom stereocenters. The Morgan fingerprint density at radius 3 is 2.52 bits per heavy atom. The molecule has 6 nitrogen and oxygen atoms in total. The van der Waals surface area contributed by atoms with Gasteiger partial charge in [0.1, 0.15) is 17.3 Å². The molecule has 0 aromatic heterocycles. The highest BCUT2D eigenvalue weighted by Gasteiger charge is 2.20. The Morgan fingerprint density at radius 2 is 1.93 bits per heavy atom. The first-order chi connectivity index (χ1) is 12.8. The average Bonchev–Trinajstić information content (AvgIpc) is 2.63. The summed E-state index contributed by atoms with van der Waals surface area (Å²) in [6.07, 6.45) is -0.464. The zero-order chi connectivity index (χ0) is 20.0. The third-order valence-electron chi connectivity index (χ3n) is 3.90. The number of halogens is 2. The van der Waals surface area contributed by atoms with E-state index in [1.807, 2.05) is 0 Å². The Morgan fingerprint density at radius 1 is 1.19 bits per heavy atom. The second-order valence-corrected chi connectivity index (χ2v) is 6.15. The van der Waals surface area contributed by atoms with Crippen LogP contribution in [0.1, 0.15) is 23.6 Å². The summed E-state index contributed by atoms with van der Waals surface area (Å²) >= 11 is 5.66. The van der Waals surface area contributed by atoms with E-state index >= 15 is 0 Å². The number of amides is 1. The van der Waals surface area contributed by atoms with E-state index < -0.39 is 30.2 Å². The SMILES string of the molecule is COc1ccc(OC)c(CC(=O)NC(CC(=O)O)c2ccc(Cl)c(F)c2)c1. The van der Waals surface area contributed by atoms with Crippen molar-refractivity contribution in [2.75, 3.05) is 14.2 Å². The molecule has 1 amide bonds. The molecule has 144 valence electrons. The summed E-state index contributed by atoms with van der Waals surface area (Å²) < 4.78 is 24.1. The van der Waals surface area contributed by atoms with Crippen molar-refractivity contribution in [3.05, 3.63) is 58.4 Å². The average molecular weight is 396 g/mol. The zero-order valence-electron chi connectivity index (χ0n) is 14.8. The number of benzene rings is 2. The minimum absolute atomic E-state index is 0.0629. The van der Waals surface area contributed by atoms with Crippen molar-refractivity contribution in [1.29, 1.82) is 0 Å². The predicted octanol–water partition coefficient (Wildman–Crippen LogP) is 3.37. The molecule has 2 aromatic rings. The summed E-state index contributed by atoms with van der Waals surface area (Å²) in [5.74, 6) is -1.20. The predicted molar refractivity (Wildman–Crippen MR) is 97.8 cm³/mol.